The number of hydrogen-bond donors (Lipinski definition) is 1. The fraction of sp³-hybridized carbons (Fsp3) is 0.857. The molecule has 1 atom stereocenters. The van der Waals surface area contributed by atoms with Crippen molar-refractivity contribution >= 4 is 0 Å². The van der Waals surface area contributed by atoms with E-state index in [-0.39, 0.29) is 0 Å². The average Bonchev–Trinajstić information content (AvgIpc) is 3.04. The molecule has 0 amide bonds. The van der Waals surface area contributed by atoms with Gasteiger partial charge in [-0.15, -0.1) is 5.10 Å². The summed E-state index contributed by atoms with van der Waals surface area (Å²) in [7, 11) is 1.93. The molecule has 1 heterocycles. The summed E-state index contributed by atoms with van der Waals surface area (Å²) < 4.78 is 1.80. The zero-order valence-corrected chi connectivity index (χ0v) is 12.1. The Morgan fingerprint density at radius 2 is 2.22 bits per heavy atom. The Labute approximate surface area is 110 Å². The van der Waals surface area contributed by atoms with Gasteiger partial charge in [0.15, 0.2) is 0 Å². The molecule has 0 aliphatic heterocycles. The Kier molecular flexibility index (Phi) is 4.05. The lowest BCUT2D eigenvalue weighted by atomic mass is 9.80. The highest BCUT2D eigenvalue weighted by Gasteiger charge is 2.41. The van der Waals surface area contributed by atoms with Crippen molar-refractivity contribution in [1.29, 1.82) is 0 Å². The van der Waals surface area contributed by atoms with Crippen molar-refractivity contribution < 1.29 is 0 Å². The van der Waals surface area contributed by atoms with Gasteiger partial charge in [0.05, 0.1) is 5.69 Å². The molecular formula is C14H26N4. The minimum Gasteiger partial charge on any atom is -0.316 e. The van der Waals surface area contributed by atoms with E-state index >= 15 is 0 Å². The molecule has 102 valence electrons. The highest BCUT2D eigenvalue weighted by molar-refractivity contribution is 5.03. The molecule has 1 unspecified atom stereocenters. The Bertz CT molecular complexity index is 381. The second kappa shape index (κ2) is 5.39. The van der Waals surface area contributed by atoms with E-state index in [0.717, 1.165) is 31.1 Å². The first-order valence-electron chi connectivity index (χ1n) is 7.05. The van der Waals surface area contributed by atoms with E-state index in [1.165, 1.54) is 12.8 Å². The smallest absolute Gasteiger partial charge is 0.0833 e. The Balaban J connectivity index is 1.93. The van der Waals surface area contributed by atoms with Crippen LogP contribution in [0.1, 0.15) is 39.3 Å². The third-order valence-corrected chi connectivity index (χ3v) is 3.88. The van der Waals surface area contributed by atoms with Crippen LogP contribution in [0.5, 0.6) is 0 Å². The average molecular weight is 250 g/mol. The second-order valence-electron chi connectivity index (χ2n) is 6.51. The predicted molar refractivity (Wildman–Crippen MR) is 73.2 cm³/mol. The number of nitrogens with zero attached hydrogens (tertiary/aromatic N) is 3. The first kappa shape index (κ1) is 13.5. The summed E-state index contributed by atoms with van der Waals surface area (Å²) in [6.07, 6.45) is 5.83. The predicted octanol–water partition coefficient (Wildman–Crippen LogP) is 2.02. The SMILES string of the molecule is CC(C)CNCC(C)(Cc1cn(C)nn1)C1CC1. The molecule has 0 aromatic carbocycles. The van der Waals surface area contributed by atoms with Crippen molar-refractivity contribution in [2.75, 3.05) is 13.1 Å². The lowest BCUT2D eigenvalue weighted by molar-refractivity contribution is 0.249. The Hall–Kier alpha value is -0.900. The van der Waals surface area contributed by atoms with E-state index in [9.17, 15) is 0 Å². The molecule has 0 radical (unpaired) electrons. The largest absolute Gasteiger partial charge is 0.316 e. The number of nitrogens with one attached hydrogen (secondary N) is 1. The molecule has 18 heavy (non-hydrogen) atoms. The monoisotopic (exact) mass is 250 g/mol. The molecule has 2 rings (SSSR count). The topological polar surface area (TPSA) is 42.7 Å². The summed E-state index contributed by atoms with van der Waals surface area (Å²) in [4.78, 5) is 0. The summed E-state index contributed by atoms with van der Waals surface area (Å²) >= 11 is 0. The summed E-state index contributed by atoms with van der Waals surface area (Å²) in [5.74, 6) is 1.57. The quantitative estimate of drug-likeness (QED) is 0.805. The molecule has 0 bridgehead atoms. The van der Waals surface area contributed by atoms with Crippen LogP contribution in [0.3, 0.4) is 0 Å². The first-order chi connectivity index (χ1) is 8.49. The third kappa shape index (κ3) is 3.55. The molecule has 1 aromatic heterocycles. The fourth-order valence-corrected chi connectivity index (χ4v) is 2.67. The summed E-state index contributed by atoms with van der Waals surface area (Å²) in [6.45, 7) is 9.09. The number of hydrogen-bond acceptors (Lipinski definition) is 3. The molecular weight excluding hydrogens is 224 g/mol. The van der Waals surface area contributed by atoms with Crippen LogP contribution in [-0.2, 0) is 13.5 Å². The van der Waals surface area contributed by atoms with Crippen LogP contribution in [0.4, 0.5) is 0 Å². The lowest BCUT2D eigenvalue weighted by Gasteiger charge is -2.29. The maximum absolute atomic E-state index is 4.24. The summed E-state index contributed by atoms with van der Waals surface area (Å²) in [5, 5.41) is 11.9. The third-order valence-electron chi connectivity index (χ3n) is 3.88. The highest BCUT2D eigenvalue weighted by Crippen LogP contribution is 2.46. The second-order valence-corrected chi connectivity index (χ2v) is 6.51. The minimum atomic E-state index is 0.338. The van der Waals surface area contributed by atoms with Gasteiger partial charge >= 0.3 is 0 Å². The lowest BCUT2D eigenvalue weighted by Crippen LogP contribution is -2.37. The highest BCUT2D eigenvalue weighted by atomic mass is 15.4. The normalized spacial score (nSPS) is 19.2. The molecule has 4 heteroatoms. The van der Waals surface area contributed by atoms with Gasteiger partial charge in [-0.1, -0.05) is 26.0 Å². The molecule has 0 saturated heterocycles. The Morgan fingerprint density at radius 1 is 1.50 bits per heavy atom. The maximum atomic E-state index is 4.24. The van der Waals surface area contributed by atoms with Gasteiger partial charge in [-0.3, -0.25) is 4.68 Å². The van der Waals surface area contributed by atoms with Crippen LogP contribution < -0.4 is 5.32 Å². The first-order valence-corrected chi connectivity index (χ1v) is 7.05. The molecule has 1 saturated carbocycles. The van der Waals surface area contributed by atoms with E-state index in [1.807, 2.05) is 13.2 Å². The number of rotatable bonds is 7. The van der Waals surface area contributed by atoms with Crippen LogP contribution >= 0.6 is 0 Å². The molecule has 1 aliphatic rings. The molecule has 1 fully saturated rings. The van der Waals surface area contributed by atoms with Gasteiger partial charge < -0.3 is 5.32 Å². The van der Waals surface area contributed by atoms with Crippen molar-refractivity contribution in [3.05, 3.63) is 11.9 Å². The van der Waals surface area contributed by atoms with E-state index in [4.69, 9.17) is 0 Å². The van der Waals surface area contributed by atoms with Crippen molar-refractivity contribution in [3.8, 4) is 0 Å². The van der Waals surface area contributed by atoms with Crippen LogP contribution in [-0.4, -0.2) is 28.1 Å². The summed E-state index contributed by atoms with van der Waals surface area (Å²) in [5.41, 5.74) is 1.46. The van der Waals surface area contributed by atoms with Crippen LogP contribution in [0.2, 0.25) is 0 Å². The standard InChI is InChI=1S/C14H26N4/c1-11(2)8-15-10-14(3,12-5-6-12)7-13-9-18(4)17-16-13/h9,11-12,15H,5-8,10H2,1-4H3. The van der Waals surface area contributed by atoms with Gasteiger partial charge in [-0.2, -0.15) is 0 Å². The van der Waals surface area contributed by atoms with E-state index in [0.29, 0.717) is 11.3 Å². The molecule has 4 nitrogen and oxygen atoms in total. The minimum absolute atomic E-state index is 0.338. The molecule has 1 N–H and O–H groups in total. The van der Waals surface area contributed by atoms with Gasteiger partial charge in [0.2, 0.25) is 0 Å². The maximum Gasteiger partial charge on any atom is 0.0833 e. The van der Waals surface area contributed by atoms with E-state index in [2.05, 4.69) is 36.4 Å². The molecule has 1 aliphatic carbocycles. The van der Waals surface area contributed by atoms with Crippen LogP contribution in [0.25, 0.3) is 0 Å². The van der Waals surface area contributed by atoms with Crippen molar-refractivity contribution in [2.24, 2.45) is 24.3 Å². The fourth-order valence-electron chi connectivity index (χ4n) is 2.67. The van der Waals surface area contributed by atoms with Crippen molar-refractivity contribution in [1.82, 2.24) is 20.3 Å². The molecule has 0 spiro atoms. The van der Waals surface area contributed by atoms with Crippen LogP contribution in [0.15, 0.2) is 6.20 Å². The zero-order chi connectivity index (χ0) is 13.2. The van der Waals surface area contributed by atoms with E-state index in [1.54, 1.807) is 4.68 Å². The van der Waals surface area contributed by atoms with Gasteiger partial charge in [-0.25, -0.2) is 0 Å². The Morgan fingerprint density at radius 3 is 2.72 bits per heavy atom. The van der Waals surface area contributed by atoms with Gasteiger partial charge in [-0.05, 0) is 43.1 Å². The van der Waals surface area contributed by atoms with Gasteiger partial charge in [0.1, 0.15) is 0 Å². The number of aromatic nitrogens is 3. The zero-order valence-electron chi connectivity index (χ0n) is 12.1. The van der Waals surface area contributed by atoms with E-state index < -0.39 is 0 Å². The number of aryl methyl sites for hydroxylation is 1. The van der Waals surface area contributed by atoms with Gasteiger partial charge in [0, 0.05) is 19.8 Å². The van der Waals surface area contributed by atoms with Crippen molar-refractivity contribution in [2.45, 2.75) is 40.0 Å². The molecule has 1 aromatic rings. The summed E-state index contributed by atoms with van der Waals surface area (Å²) in [6, 6.07) is 0. The van der Waals surface area contributed by atoms with Gasteiger partial charge in [0.25, 0.3) is 0 Å². The van der Waals surface area contributed by atoms with Crippen LogP contribution in [0, 0.1) is 17.3 Å². The van der Waals surface area contributed by atoms with Crippen molar-refractivity contribution in [3.63, 3.8) is 0 Å².